The average Bonchev–Trinajstić information content (AvgIpc) is 3.55. The average molecular weight is 437 g/mol. The predicted octanol–water partition coefficient (Wildman–Crippen LogP) is 3.63. The fourth-order valence-electron chi connectivity index (χ4n) is 4.49. The van der Waals surface area contributed by atoms with Crippen LogP contribution in [-0.4, -0.2) is 53.2 Å². The van der Waals surface area contributed by atoms with E-state index < -0.39 is 29.6 Å². The Morgan fingerprint density at radius 3 is 2.09 bits per heavy atom. The molecule has 7 heteroatoms. The number of alkyl carbamates (subject to hydrolysis) is 1. The number of amides is 2. The summed E-state index contributed by atoms with van der Waals surface area (Å²) < 4.78 is 5.55. The minimum atomic E-state index is -1.10. The molecule has 0 saturated heterocycles. The van der Waals surface area contributed by atoms with Crippen LogP contribution in [0.15, 0.2) is 48.5 Å². The van der Waals surface area contributed by atoms with Gasteiger partial charge in [-0.15, -0.1) is 0 Å². The summed E-state index contributed by atoms with van der Waals surface area (Å²) in [5, 5.41) is 12.2. The van der Waals surface area contributed by atoms with E-state index in [1.807, 2.05) is 24.3 Å². The van der Waals surface area contributed by atoms with Gasteiger partial charge in [-0.05, 0) is 42.0 Å². The quantitative estimate of drug-likeness (QED) is 0.691. The molecule has 0 bridgehead atoms. The number of aliphatic carboxylic acids is 1. The molecule has 1 fully saturated rings. The molecule has 2 N–H and O–H groups in total. The number of ether oxygens (including phenoxy) is 1. The van der Waals surface area contributed by atoms with E-state index in [-0.39, 0.29) is 18.4 Å². The van der Waals surface area contributed by atoms with Gasteiger partial charge in [0.1, 0.15) is 12.1 Å². The lowest BCUT2D eigenvalue weighted by Crippen LogP contribution is -2.51. The number of benzene rings is 2. The molecule has 2 aromatic rings. The normalized spacial score (nSPS) is 17.5. The number of fused-ring (bicyclic) bond motifs is 3. The van der Waals surface area contributed by atoms with Gasteiger partial charge in [0.2, 0.25) is 5.91 Å². The first kappa shape index (κ1) is 21.9. The first-order chi connectivity index (χ1) is 15.3. The van der Waals surface area contributed by atoms with Crippen molar-refractivity contribution < 1.29 is 24.2 Å². The van der Waals surface area contributed by atoms with Crippen LogP contribution in [0.2, 0.25) is 0 Å². The van der Waals surface area contributed by atoms with E-state index in [0.29, 0.717) is 12.8 Å². The Hall–Kier alpha value is -3.35. The number of hydrogen-bond acceptors (Lipinski definition) is 4. The molecule has 2 aromatic carbocycles. The van der Waals surface area contributed by atoms with Gasteiger partial charge in [0.05, 0.1) is 5.92 Å². The maximum atomic E-state index is 12.8. The number of carbonyl (C=O) groups excluding carboxylic acids is 2. The maximum Gasteiger partial charge on any atom is 0.407 e. The van der Waals surface area contributed by atoms with E-state index in [1.165, 1.54) is 11.9 Å². The van der Waals surface area contributed by atoms with E-state index in [0.717, 1.165) is 22.3 Å². The molecule has 2 amide bonds. The first-order valence-electron chi connectivity index (χ1n) is 10.9. The minimum Gasteiger partial charge on any atom is -0.479 e. The first-order valence-corrected chi connectivity index (χ1v) is 10.9. The van der Waals surface area contributed by atoms with Crippen LogP contribution >= 0.6 is 0 Å². The molecule has 1 saturated carbocycles. The third-order valence-corrected chi connectivity index (χ3v) is 6.92. The standard InChI is InChI=1S/C25H28N2O5/c1-15(22(28)27(3)25(12-13-25)23(29)30)16(2)26-24(31)32-14-21-19-10-6-4-8-17(19)18-9-5-7-11-20(18)21/h4-11,15-16,21H,12-14H2,1-3H3,(H,26,31)(H,29,30). The number of carboxylic acids is 1. The fraction of sp³-hybridized carbons (Fsp3) is 0.400. The molecule has 0 aliphatic heterocycles. The molecule has 0 aromatic heterocycles. The number of carboxylic acid groups (broad SMARTS) is 1. The number of rotatable bonds is 7. The SMILES string of the molecule is CC(NC(=O)OCC1c2ccccc2-c2ccccc21)C(C)C(=O)N(C)C1(C(=O)O)CC1. The second-order valence-corrected chi connectivity index (χ2v) is 8.78. The molecule has 32 heavy (non-hydrogen) atoms. The Bertz CT molecular complexity index is 1020. The molecule has 4 rings (SSSR count). The molecule has 7 nitrogen and oxygen atoms in total. The third-order valence-electron chi connectivity index (χ3n) is 6.92. The van der Waals surface area contributed by atoms with Crippen LogP contribution in [0, 0.1) is 5.92 Å². The highest BCUT2D eigenvalue weighted by atomic mass is 16.5. The number of nitrogens with one attached hydrogen (secondary N) is 1. The molecule has 168 valence electrons. The van der Waals surface area contributed by atoms with Crippen molar-refractivity contribution in [2.24, 2.45) is 5.92 Å². The second kappa shape index (κ2) is 8.30. The number of likely N-dealkylation sites (N-methyl/N-ethyl adjacent to an activating group) is 1. The molecule has 0 radical (unpaired) electrons. The van der Waals surface area contributed by atoms with Gasteiger partial charge < -0.3 is 20.1 Å². The molecule has 0 heterocycles. The summed E-state index contributed by atoms with van der Waals surface area (Å²) in [6.45, 7) is 3.60. The number of nitrogens with zero attached hydrogens (tertiary/aromatic N) is 1. The Kier molecular flexibility index (Phi) is 5.67. The van der Waals surface area contributed by atoms with Crippen molar-refractivity contribution >= 4 is 18.0 Å². The molecule has 2 aliphatic rings. The summed E-state index contributed by atoms with van der Waals surface area (Å²) in [4.78, 5) is 38.1. The molecule has 2 aliphatic carbocycles. The van der Waals surface area contributed by atoms with E-state index >= 15 is 0 Å². The smallest absolute Gasteiger partial charge is 0.407 e. The van der Waals surface area contributed by atoms with Gasteiger partial charge in [0.15, 0.2) is 0 Å². The van der Waals surface area contributed by atoms with Crippen molar-refractivity contribution in [2.75, 3.05) is 13.7 Å². The topological polar surface area (TPSA) is 95.9 Å². The lowest BCUT2D eigenvalue weighted by atomic mass is 9.98. The summed E-state index contributed by atoms with van der Waals surface area (Å²) in [5.74, 6) is -1.93. The van der Waals surface area contributed by atoms with Gasteiger partial charge in [-0.25, -0.2) is 9.59 Å². The van der Waals surface area contributed by atoms with Crippen LogP contribution in [0.3, 0.4) is 0 Å². The molecule has 2 atom stereocenters. The Balaban J connectivity index is 1.36. The van der Waals surface area contributed by atoms with Crippen molar-refractivity contribution in [2.45, 2.75) is 44.2 Å². The van der Waals surface area contributed by atoms with Crippen LogP contribution in [0.4, 0.5) is 4.79 Å². The highest BCUT2D eigenvalue weighted by molar-refractivity contribution is 5.90. The van der Waals surface area contributed by atoms with E-state index in [1.54, 1.807) is 13.8 Å². The number of hydrogen-bond donors (Lipinski definition) is 2. The Morgan fingerprint density at radius 1 is 1.06 bits per heavy atom. The molecular formula is C25H28N2O5. The van der Waals surface area contributed by atoms with E-state index in [9.17, 15) is 19.5 Å². The Morgan fingerprint density at radius 2 is 1.59 bits per heavy atom. The van der Waals surface area contributed by atoms with Crippen molar-refractivity contribution in [1.29, 1.82) is 0 Å². The second-order valence-electron chi connectivity index (χ2n) is 8.78. The molecule has 0 spiro atoms. The zero-order chi connectivity index (χ0) is 23.0. The van der Waals surface area contributed by atoms with Gasteiger partial charge in [0, 0.05) is 19.0 Å². The zero-order valence-electron chi connectivity index (χ0n) is 18.5. The van der Waals surface area contributed by atoms with Crippen LogP contribution in [0.5, 0.6) is 0 Å². The number of carbonyl (C=O) groups is 3. The van der Waals surface area contributed by atoms with Crippen LogP contribution in [-0.2, 0) is 14.3 Å². The summed E-state index contributed by atoms with van der Waals surface area (Å²) in [5.41, 5.74) is 3.46. The third kappa shape index (κ3) is 3.72. The molecule has 2 unspecified atom stereocenters. The van der Waals surface area contributed by atoms with Crippen LogP contribution in [0.25, 0.3) is 11.1 Å². The highest BCUT2D eigenvalue weighted by Gasteiger charge is 2.56. The van der Waals surface area contributed by atoms with Gasteiger partial charge in [-0.1, -0.05) is 55.5 Å². The monoisotopic (exact) mass is 436 g/mol. The highest BCUT2D eigenvalue weighted by Crippen LogP contribution is 2.44. The summed E-state index contributed by atoms with van der Waals surface area (Å²) in [7, 11) is 1.51. The summed E-state index contributed by atoms with van der Waals surface area (Å²) in [6, 6.07) is 15.7. The van der Waals surface area contributed by atoms with Gasteiger partial charge in [-0.3, -0.25) is 4.79 Å². The predicted molar refractivity (Wildman–Crippen MR) is 119 cm³/mol. The van der Waals surface area contributed by atoms with E-state index in [2.05, 4.69) is 29.6 Å². The minimum absolute atomic E-state index is 0.0427. The lowest BCUT2D eigenvalue weighted by Gasteiger charge is -2.30. The summed E-state index contributed by atoms with van der Waals surface area (Å²) >= 11 is 0. The fourth-order valence-corrected chi connectivity index (χ4v) is 4.49. The maximum absolute atomic E-state index is 12.8. The molecular weight excluding hydrogens is 408 g/mol. The summed E-state index contributed by atoms with van der Waals surface area (Å²) in [6.07, 6.45) is 0.304. The van der Waals surface area contributed by atoms with Gasteiger partial charge in [0.25, 0.3) is 0 Å². The van der Waals surface area contributed by atoms with Gasteiger partial charge >= 0.3 is 12.1 Å². The van der Waals surface area contributed by atoms with Crippen molar-refractivity contribution in [3.63, 3.8) is 0 Å². The van der Waals surface area contributed by atoms with Gasteiger partial charge in [-0.2, -0.15) is 0 Å². The van der Waals surface area contributed by atoms with Crippen LogP contribution in [0.1, 0.15) is 43.7 Å². The lowest BCUT2D eigenvalue weighted by molar-refractivity contribution is -0.152. The van der Waals surface area contributed by atoms with Crippen molar-refractivity contribution in [3.8, 4) is 11.1 Å². The Labute approximate surface area is 187 Å². The van der Waals surface area contributed by atoms with Crippen molar-refractivity contribution in [3.05, 3.63) is 59.7 Å². The van der Waals surface area contributed by atoms with Crippen molar-refractivity contribution in [1.82, 2.24) is 10.2 Å². The van der Waals surface area contributed by atoms with E-state index in [4.69, 9.17) is 4.74 Å². The van der Waals surface area contributed by atoms with Crippen LogP contribution < -0.4 is 5.32 Å². The zero-order valence-corrected chi connectivity index (χ0v) is 18.5. The largest absolute Gasteiger partial charge is 0.479 e.